The molecule has 2 aromatic heterocycles. The quantitative estimate of drug-likeness (QED) is 0.851. The van der Waals surface area contributed by atoms with Crippen molar-refractivity contribution in [2.75, 3.05) is 5.32 Å². The molecule has 0 saturated heterocycles. The highest BCUT2D eigenvalue weighted by Crippen LogP contribution is 2.03. The number of aliphatic hydroxyl groups excluding tert-OH is 1. The van der Waals surface area contributed by atoms with E-state index in [1.807, 2.05) is 0 Å². The van der Waals surface area contributed by atoms with Gasteiger partial charge in [-0.25, -0.2) is 9.97 Å². The number of hydrogen-bond donors (Lipinski definition) is 2. The first-order chi connectivity index (χ1) is 8.29. The van der Waals surface area contributed by atoms with Crippen molar-refractivity contribution in [3.63, 3.8) is 0 Å². The minimum absolute atomic E-state index is 0. The summed E-state index contributed by atoms with van der Waals surface area (Å²) >= 11 is 0. The zero-order valence-corrected chi connectivity index (χ0v) is 8.87. The first-order valence-corrected chi connectivity index (χ1v) is 4.93. The minimum Gasteiger partial charge on any atom is -0.392 e. The van der Waals surface area contributed by atoms with E-state index in [1.165, 1.54) is 24.8 Å². The van der Waals surface area contributed by atoms with Gasteiger partial charge in [0.25, 0.3) is 5.91 Å². The molecule has 0 unspecified atom stereocenters. The average Bonchev–Trinajstić information content (AvgIpc) is 2.40. The molecule has 0 spiro atoms. The first kappa shape index (κ1) is 13.7. The van der Waals surface area contributed by atoms with E-state index in [0.29, 0.717) is 11.1 Å². The number of rotatable bonds is 3. The molecule has 0 aliphatic carbocycles. The Balaban J connectivity index is 0.00000162. The van der Waals surface area contributed by atoms with Crippen LogP contribution in [0.2, 0.25) is 0 Å². The Morgan fingerprint density at radius 2 is 1.83 bits per heavy atom. The molecule has 0 saturated carbocycles. The van der Waals surface area contributed by atoms with E-state index in [4.69, 9.17) is 5.11 Å². The molecule has 0 bridgehead atoms. The van der Waals surface area contributed by atoms with E-state index in [2.05, 4.69) is 20.3 Å². The zero-order chi connectivity index (χ0) is 12.1. The number of nitrogens with one attached hydrogen (secondary N) is 1. The summed E-state index contributed by atoms with van der Waals surface area (Å²) in [4.78, 5) is 23.3. The van der Waals surface area contributed by atoms with E-state index in [1.54, 1.807) is 12.1 Å². The lowest BCUT2D eigenvalue weighted by atomic mass is 10.2. The molecule has 2 N–H and O–H groups in total. The van der Waals surface area contributed by atoms with Gasteiger partial charge >= 0.3 is 0 Å². The Morgan fingerprint density at radius 3 is 2.39 bits per heavy atom. The van der Waals surface area contributed by atoms with Crippen LogP contribution < -0.4 is 5.32 Å². The fourth-order valence-corrected chi connectivity index (χ4v) is 1.18. The Morgan fingerprint density at radius 1 is 1.22 bits per heavy atom. The van der Waals surface area contributed by atoms with Crippen LogP contribution in [0.3, 0.4) is 0 Å². The maximum atomic E-state index is 11.7. The van der Waals surface area contributed by atoms with Crippen LogP contribution in [0.5, 0.6) is 0 Å². The van der Waals surface area contributed by atoms with Gasteiger partial charge in [-0.3, -0.25) is 15.1 Å². The Labute approximate surface area is 105 Å². The van der Waals surface area contributed by atoms with Gasteiger partial charge in [-0.05, 0) is 12.1 Å². The van der Waals surface area contributed by atoms with Crippen LogP contribution in [0.25, 0.3) is 0 Å². The standard InChI is InChI=1S/C11H10N4O2.CH4/c16-7-8-5-13-11(14-6-8)15-10(17)9-1-3-12-4-2-9;/h1-6,16H,7H2,(H,13,14,15,17);1H4. The SMILES string of the molecule is C.O=C(Nc1ncc(CO)cn1)c1ccncc1. The van der Waals surface area contributed by atoms with Gasteiger partial charge in [-0.1, -0.05) is 7.43 Å². The lowest BCUT2D eigenvalue weighted by Gasteiger charge is -2.03. The van der Waals surface area contributed by atoms with E-state index < -0.39 is 0 Å². The van der Waals surface area contributed by atoms with Crippen LogP contribution in [-0.4, -0.2) is 26.0 Å². The largest absolute Gasteiger partial charge is 0.392 e. The summed E-state index contributed by atoms with van der Waals surface area (Å²) in [6, 6.07) is 3.19. The van der Waals surface area contributed by atoms with Crippen molar-refractivity contribution in [3.05, 3.63) is 48.0 Å². The molecule has 2 aromatic rings. The molecule has 2 rings (SSSR count). The average molecular weight is 246 g/mol. The van der Waals surface area contributed by atoms with Crippen LogP contribution in [0, 0.1) is 0 Å². The van der Waals surface area contributed by atoms with Crippen LogP contribution in [0.15, 0.2) is 36.9 Å². The van der Waals surface area contributed by atoms with Crippen molar-refractivity contribution >= 4 is 11.9 Å². The van der Waals surface area contributed by atoms with Crippen molar-refractivity contribution in [1.82, 2.24) is 15.0 Å². The van der Waals surface area contributed by atoms with Gasteiger partial charge < -0.3 is 5.11 Å². The molecule has 0 aromatic carbocycles. The van der Waals surface area contributed by atoms with Gasteiger partial charge in [0.2, 0.25) is 5.95 Å². The third kappa shape index (κ3) is 3.33. The summed E-state index contributed by atoms with van der Waals surface area (Å²) in [5, 5.41) is 11.4. The van der Waals surface area contributed by atoms with Crippen molar-refractivity contribution in [3.8, 4) is 0 Å². The highest BCUT2D eigenvalue weighted by atomic mass is 16.3. The van der Waals surface area contributed by atoms with E-state index >= 15 is 0 Å². The fraction of sp³-hybridized carbons (Fsp3) is 0.167. The summed E-state index contributed by atoms with van der Waals surface area (Å²) in [5.41, 5.74) is 1.07. The van der Waals surface area contributed by atoms with Gasteiger partial charge in [0, 0.05) is 35.9 Å². The third-order valence-corrected chi connectivity index (χ3v) is 2.06. The molecule has 6 heteroatoms. The Hall–Kier alpha value is -2.34. The highest BCUT2D eigenvalue weighted by Gasteiger charge is 2.06. The molecule has 0 atom stereocenters. The number of carbonyl (C=O) groups is 1. The molecule has 0 aliphatic heterocycles. The number of anilines is 1. The van der Waals surface area contributed by atoms with Gasteiger partial charge in [0.1, 0.15) is 0 Å². The lowest BCUT2D eigenvalue weighted by Crippen LogP contribution is -2.14. The second kappa shape index (κ2) is 6.41. The number of aliphatic hydroxyl groups is 1. The second-order valence-corrected chi connectivity index (χ2v) is 3.26. The molecule has 6 nitrogen and oxygen atoms in total. The second-order valence-electron chi connectivity index (χ2n) is 3.26. The predicted molar refractivity (Wildman–Crippen MR) is 66.9 cm³/mol. The number of carbonyl (C=O) groups excluding carboxylic acids is 1. The van der Waals surface area contributed by atoms with Crippen LogP contribution in [0.1, 0.15) is 23.3 Å². The van der Waals surface area contributed by atoms with Crippen molar-refractivity contribution in [2.24, 2.45) is 0 Å². The monoisotopic (exact) mass is 246 g/mol. The van der Waals surface area contributed by atoms with E-state index in [9.17, 15) is 4.79 Å². The van der Waals surface area contributed by atoms with Gasteiger partial charge in [0.05, 0.1) is 6.61 Å². The summed E-state index contributed by atoms with van der Waals surface area (Å²) in [7, 11) is 0. The maximum absolute atomic E-state index is 11.7. The van der Waals surface area contributed by atoms with E-state index in [-0.39, 0.29) is 25.9 Å². The van der Waals surface area contributed by atoms with Crippen molar-refractivity contribution in [1.29, 1.82) is 0 Å². The Kier molecular flexibility index (Phi) is 4.89. The number of amides is 1. The highest BCUT2D eigenvalue weighted by molar-refractivity contribution is 6.03. The molecular weight excluding hydrogens is 232 g/mol. The number of pyridine rings is 1. The number of nitrogens with zero attached hydrogens (tertiary/aromatic N) is 3. The van der Waals surface area contributed by atoms with Crippen LogP contribution >= 0.6 is 0 Å². The lowest BCUT2D eigenvalue weighted by molar-refractivity contribution is 0.102. The Bertz CT molecular complexity index is 499. The molecule has 94 valence electrons. The van der Waals surface area contributed by atoms with Crippen molar-refractivity contribution in [2.45, 2.75) is 14.0 Å². The molecule has 0 aliphatic rings. The van der Waals surface area contributed by atoms with Gasteiger partial charge in [0.15, 0.2) is 0 Å². The summed E-state index contributed by atoms with van der Waals surface area (Å²) in [6.07, 6.45) is 5.97. The molecule has 18 heavy (non-hydrogen) atoms. The molecular formula is C12H14N4O2. The first-order valence-electron chi connectivity index (χ1n) is 4.93. The summed E-state index contributed by atoms with van der Waals surface area (Å²) < 4.78 is 0. The summed E-state index contributed by atoms with van der Waals surface area (Å²) in [5.74, 6) is -0.104. The van der Waals surface area contributed by atoms with Gasteiger partial charge in [-0.2, -0.15) is 0 Å². The fourth-order valence-electron chi connectivity index (χ4n) is 1.18. The van der Waals surface area contributed by atoms with Crippen molar-refractivity contribution < 1.29 is 9.90 Å². The normalized spacial score (nSPS) is 9.39. The number of aromatic nitrogens is 3. The zero-order valence-electron chi connectivity index (χ0n) is 8.87. The van der Waals surface area contributed by atoms with E-state index in [0.717, 1.165) is 0 Å². The molecule has 0 fully saturated rings. The molecule has 0 radical (unpaired) electrons. The van der Waals surface area contributed by atoms with Crippen LogP contribution in [0.4, 0.5) is 5.95 Å². The van der Waals surface area contributed by atoms with Crippen LogP contribution in [-0.2, 0) is 6.61 Å². The molecule has 2 heterocycles. The topological polar surface area (TPSA) is 88.0 Å². The number of hydrogen-bond acceptors (Lipinski definition) is 5. The smallest absolute Gasteiger partial charge is 0.258 e. The summed E-state index contributed by atoms with van der Waals surface area (Å²) in [6.45, 7) is -0.126. The third-order valence-electron chi connectivity index (χ3n) is 2.06. The van der Waals surface area contributed by atoms with Gasteiger partial charge in [-0.15, -0.1) is 0 Å². The maximum Gasteiger partial charge on any atom is 0.258 e. The predicted octanol–water partition coefficient (Wildman–Crippen LogP) is 1.25. The molecule has 1 amide bonds. The minimum atomic E-state index is -0.302.